The quantitative estimate of drug-likeness (QED) is 0.899. The van der Waals surface area contributed by atoms with Gasteiger partial charge in [-0.2, -0.15) is 0 Å². The summed E-state index contributed by atoms with van der Waals surface area (Å²) in [6.45, 7) is 8.18. The number of morpholine rings is 1. The Labute approximate surface area is 120 Å². The number of nitrogens with zero attached hydrogens (tertiary/aromatic N) is 2. The number of ether oxygens (including phenoxy) is 1. The van der Waals surface area contributed by atoms with Crippen LogP contribution in [0.2, 0.25) is 0 Å². The summed E-state index contributed by atoms with van der Waals surface area (Å²) in [5.74, 6) is 0.557. The van der Waals surface area contributed by atoms with Gasteiger partial charge in [-0.15, -0.1) is 0 Å². The molecule has 1 fully saturated rings. The lowest BCUT2D eigenvalue weighted by atomic mass is 10.0. The highest BCUT2D eigenvalue weighted by Gasteiger charge is 2.27. The van der Waals surface area contributed by atoms with E-state index in [1.807, 2.05) is 0 Å². The van der Waals surface area contributed by atoms with Crippen LogP contribution in [0.3, 0.4) is 0 Å². The van der Waals surface area contributed by atoms with Crippen molar-refractivity contribution in [2.45, 2.75) is 18.9 Å². The van der Waals surface area contributed by atoms with Crippen LogP contribution in [-0.4, -0.2) is 62.0 Å². The summed E-state index contributed by atoms with van der Waals surface area (Å²) >= 11 is 0. The van der Waals surface area contributed by atoms with Crippen molar-refractivity contribution in [1.29, 1.82) is 0 Å². The third-order valence-corrected chi connectivity index (χ3v) is 4.31. The van der Waals surface area contributed by atoms with Crippen molar-refractivity contribution in [3.63, 3.8) is 0 Å². The number of aliphatic hydroxyl groups excluding tert-OH is 1. The van der Waals surface area contributed by atoms with Crippen LogP contribution in [0.1, 0.15) is 18.4 Å². The largest absolute Gasteiger partial charge is 0.390 e. The molecule has 0 bridgehead atoms. The molecule has 0 aliphatic carbocycles. The summed E-state index contributed by atoms with van der Waals surface area (Å²) in [6, 6.07) is 8.55. The summed E-state index contributed by atoms with van der Waals surface area (Å²) in [5, 5.41) is 10.3. The van der Waals surface area contributed by atoms with Gasteiger partial charge >= 0.3 is 0 Å². The lowest BCUT2D eigenvalue weighted by Crippen LogP contribution is -2.44. The molecule has 4 heteroatoms. The third-order valence-electron chi connectivity index (χ3n) is 4.31. The third kappa shape index (κ3) is 2.97. The Bertz CT molecular complexity index is 446. The molecule has 1 N–H and O–H groups in total. The zero-order valence-electron chi connectivity index (χ0n) is 12.2. The predicted octanol–water partition coefficient (Wildman–Crippen LogP) is 1.30. The molecular formula is C16H24N2O2. The maximum Gasteiger partial charge on any atom is 0.0841 e. The number of anilines is 1. The Morgan fingerprint density at radius 1 is 1.25 bits per heavy atom. The molecular weight excluding hydrogens is 252 g/mol. The monoisotopic (exact) mass is 276 g/mol. The fourth-order valence-electron chi connectivity index (χ4n) is 3.29. The fraction of sp³-hybridized carbons (Fsp3) is 0.625. The van der Waals surface area contributed by atoms with E-state index in [9.17, 15) is 5.11 Å². The second kappa shape index (κ2) is 6.12. The second-order valence-electron chi connectivity index (χ2n) is 5.93. The number of hydrogen-bond donors (Lipinski definition) is 1. The minimum Gasteiger partial charge on any atom is -0.390 e. The number of hydrogen-bond acceptors (Lipinski definition) is 4. The average molecular weight is 276 g/mol. The number of β-amino-alcohol motifs (C(OH)–C–C–N with tert-alkyl or cyclic N) is 1. The van der Waals surface area contributed by atoms with Crippen LogP contribution in [0, 0.1) is 0 Å². The van der Waals surface area contributed by atoms with Crippen LogP contribution in [0.15, 0.2) is 24.3 Å². The van der Waals surface area contributed by atoms with Crippen molar-refractivity contribution in [3.8, 4) is 0 Å². The molecule has 2 atom stereocenters. The van der Waals surface area contributed by atoms with E-state index in [2.05, 4.69) is 41.0 Å². The summed E-state index contributed by atoms with van der Waals surface area (Å²) in [6.07, 6.45) is -0.300. The van der Waals surface area contributed by atoms with Crippen LogP contribution in [-0.2, 0) is 4.74 Å². The van der Waals surface area contributed by atoms with Crippen LogP contribution in [0.5, 0.6) is 0 Å². The Hall–Kier alpha value is -1.10. The van der Waals surface area contributed by atoms with Crippen LogP contribution in [0.25, 0.3) is 0 Å². The first-order chi connectivity index (χ1) is 9.74. The Morgan fingerprint density at radius 3 is 2.80 bits per heavy atom. The van der Waals surface area contributed by atoms with E-state index in [0.717, 1.165) is 45.9 Å². The Morgan fingerprint density at radius 2 is 2.00 bits per heavy atom. The zero-order chi connectivity index (χ0) is 13.9. The lowest BCUT2D eigenvalue weighted by molar-refractivity contribution is 0.0161. The van der Waals surface area contributed by atoms with Crippen molar-refractivity contribution in [2.75, 3.05) is 50.8 Å². The van der Waals surface area contributed by atoms with Crippen molar-refractivity contribution in [2.24, 2.45) is 0 Å². The van der Waals surface area contributed by atoms with Gasteiger partial charge < -0.3 is 14.7 Å². The van der Waals surface area contributed by atoms with Crippen molar-refractivity contribution in [3.05, 3.63) is 29.8 Å². The van der Waals surface area contributed by atoms with Gasteiger partial charge in [-0.25, -0.2) is 0 Å². The lowest BCUT2D eigenvalue weighted by Gasteiger charge is -2.30. The molecule has 20 heavy (non-hydrogen) atoms. The van der Waals surface area contributed by atoms with Gasteiger partial charge in [-0.3, -0.25) is 4.90 Å². The summed E-state index contributed by atoms with van der Waals surface area (Å²) in [7, 11) is 0. The smallest absolute Gasteiger partial charge is 0.0841 e. The number of rotatable bonds is 4. The van der Waals surface area contributed by atoms with E-state index >= 15 is 0 Å². The maximum absolute atomic E-state index is 10.3. The van der Waals surface area contributed by atoms with Crippen LogP contribution < -0.4 is 4.90 Å². The first-order valence-corrected chi connectivity index (χ1v) is 7.56. The zero-order valence-corrected chi connectivity index (χ0v) is 12.2. The minimum atomic E-state index is -0.300. The Balaban J connectivity index is 1.58. The highest BCUT2D eigenvalue weighted by molar-refractivity contribution is 5.59. The number of benzene rings is 1. The molecule has 1 aromatic carbocycles. The molecule has 0 radical (unpaired) electrons. The normalized spacial score (nSPS) is 24.7. The molecule has 110 valence electrons. The molecule has 2 aliphatic heterocycles. The van der Waals surface area contributed by atoms with Crippen LogP contribution >= 0.6 is 0 Å². The SMILES string of the molecule is CC1CN(CC(O)CN2CCOCC2)c2ccccc21. The summed E-state index contributed by atoms with van der Waals surface area (Å²) in [5.41, 5.74) is 2.70. The minimum absolute atomic E-state index is 0.300. The van der Waals surface area contributed by atoms with Crippen LogP contribution in [0.4, 0.5) is 5.69 Å². The van der Waals surface area contributed by atoms with E-state index in [-0.39, 0.29) is 6.10 Å². The van der Waals surface area contributed by atoms with Gasteiger partial charge in [0, 0.05) is 44.3 Å². The van der Waals surface area contributed by atoms with Gasteiger partial charge in [-0.05, 0) is 11.6 Å². The van der Waals surface area contributed by atoms with E-state index in [4.69, 9.17) is 4.74 Å². The molecule has 0 aromatic heterocycles. The topological polar surface area (TPSA) is 35.9 Å². The second-order valence-corrected chi connectivity index (χ2v) is 5.93. The van der Waals surface area contributed by atoms with E-state index in [0.29, 0.717) is 5.92 Å². The van der Waals surface area contributed by atoms with Gasteiger partial charge in [0.25, 0.3) is 0 Å². The van der Waals surface area contributed by atoms with Crippen molar-refractivity contribution >= 4 is 5.69 Å². The Kier molecular flexibility index (Phi) is 4.24. The summed E-state index contributed by atoms with van der Waals surface area (Å²) < 4.78 is 5.34. The van der Waals surface area contributed by atoms with Crippen molar-refractivity contribution < 1.29 is 9.84 Å². The highest BCUT2D eigenvalue weighted by atomic mass is 16.5. The molecule has 1 aromatic rings. The fourth-order valence-corrected chi connectivity index (χ4v) is 3.29. The number of aliphatic hydroxyl groups is 1. The highest BCUT2D eigenvalue weighted by Crippen LogP contribution is 2.35. The predicted molar refractivity (Wildman–Crippen MR) is 80.3 cm³/mol. The van der Waals surface area contributed by atoms with Gasteiger partial charge in [0.1, 0.15) is 0 Å². The number of para-hydroxylation sites is 1. The molecule has 1 saturated heterocycles. The van der Waals surface area contributed by atoms with Gasteiger partial charge in [-0.1, -0.05) is 25.1 Å². The van der Waals surface area contributed by atoms with Crippen molar-refractivity contribution in [1.82, 2.24) is 4.90 Å². The first kappa shape index (κ1) is 13.9. The first-order valence-electron chi connectivity index (χ1n) is 7.56. The van der Waals surface area contributed by atoms with Gasteiger partial charge in [0.05, 0.1) is 19.3 Å². The molecule has 0 amide bonds. The molecule has 2 unspecified atom stereocenters. The number of fused-ring (bicyclic) bond motifs is 1. The molecule has 0 spiro atoms. The average Bonchev–Trinajstić information content (AvgIpc) is 2.77. The molecule has 2 aliphatic rings. The molecule has 0 saturated carbocycles. The van der Waals surface area contributed by atoms with E-state index in [1.165, 1.54) is 11.3 Å². The summed E-state index contributed by atoms with van der Waals surface area (Å²) in [4.78, 5) is 4.62. The van der Waals surface area contributed by atoms with E-state index < -0.39 is 0 Å². The van der Waals surface area contributed by atoms with Gasteiger partial charge in [0.15, 0.2) is 0 Å². The standard InChI is InChI=1S/C16H24N2O2/c1-13-10-18(16-5-3-2-4-15(13)16)12-14(19)11-17-6-8-20-9-7-17/h2-5,13-14,19H,6-12H2,1H3. The molecule has 4 nitrogen and oxygen atoms in total. The molecule has 2 heterocycles. The maximum atomic E-state index is 10.3. The molecule has 3 rings (SSSR count). The van der Waals surface area contributed by atoms with Gasteiger partial charge in [0.2, 0.25) is 0 Å². The van der Waals surface area contributed by atoms with E-state index in [1.54, 1.807) is 0 Å².